The lowest BCUT2D eigenvalue weighted by molar-refractivity contribution is -0.118. The van der Waals surface area contributed by atoms with E-state index in [2.05, 4.69) is 5.32 Å². The van der Waals surface area contributed by atoms with Gasteiger partial charge in [-0.15, -0.1) is 0 Å². The second kappa shape index (κ2) is 10.8. The van der Waals surface area contributed by atoms with Crippen LogP contribution >= 0.6 is 0 Å². The molecule has 1 N–H and O–H groups in total. The van der Waals surface area contributed by atoms with Crippen molar-refractivity contribution in [1.82, 2.24) is 0 Å². The maximum atomic E-state index is 12.4. The van der Waals surface area contributed by atoms with Gasteiger partial charge in [0.2, 0.25) is 0 Å². The summed E-state index contributed by atoms with van der Waals surface area (Å²) in [5.74, 6) is 1.19. The van der Waals surface area contributed by atoms with Gasteiger partial charge >= 0.3 is 0 Å². The lowest BCUT2D eigenvalue weighted by Gasteiger charge is -2.11. The zero-order valence-corrected chi connectivity index (χ0v) is 18.3. The van der Waals surface area contributed by atoms with Gasteiger partial charge in [0.25, 0.3) is 5.91 Å². The largest absolute Gasteiger partial charge is 0.497 e. The Bertz CT molecular complexity index is 1100. The van der Waals surface area contributed by atoms with Crippen LogP contribution in [0.25, 0.3) is 6.08 Å². The topological polar surface area (TPSA) is 73.9 Å². The molecule has 0 atom stereocenters. The number of hydrogen-bond acceptors (Lipinski definition) is 5. The van der Waals surface area contributed by atoms with Crippen molar-refractivity contribution >= 4 is 23.5 Å². The molecular formula is C26H25NO5. The molecule has 0 bridgehead atoms. The number of benzene rings is 3. The Morgan fingerprint density at radius 1 is 0.875 bits per heavy atom. The average Bonchev–Trinajstić information content (AvgIpc) is 2.82. The molecule has 32 heavy (non-hydrogen) atoms. The lowest BCUT2D eigenvalue weighted by atomic mass is 10.1. The number of ether oxygens (including phenoxy) is 3. The first-order valence-corrected chi connectivity index (χ1v) is 10.0. The molecule has 164 valence electrons. The number of anilines is 1. The van der Waals surface area contributed by atoms with E-state index in [0.717, 1.165) is 11.1 Å². The Hall–Kier alpha value is -4.06. The molecule has 0 radical (unpaired) electrons. The van der Waals surface area contributed by atoms with Gasteiger partial charge in [0.05, 0.1) is 14.2 Å². The molecule has 3 rings (SSSR count). The van der Waals surface area contributed by atoms with Crippen molar-refractivity contribution in [2.24, 2.45) is 0 Å². The molecule has 0 saturated heterocycles. The third-order valence-electron chi connectivity index (χ3n) is 4.68. The zero-order valence-electron chi connectivity index (χ0n) is 18.3. The minimum absolute atomic E-state index is 0.125. The fraction of sp³-hybridized carbons (Fsp3) is 0.154. The SMILES string of the molecule is COc1ccc(C(=O)/C=C/c2ccc(OCC(=O)Nc3ccc(C)cc3)c(OC)c2)cc1. The number of rotatable bonds is 9. The highest BCUT2D eigenvalue weighted by molar-refractivity contribution is 6.06. The van der Waals surface area contributed by atoms with E-state index in [1.54, 1.807) is 55.7 Å². The number of aryl methyl sites for hydroxylation is 1. The summed E-state index contributed by atoms with van der Waals surface area (Å²) in [4.78, 5) is 24.5. The summed E-state index contributed by atoms with van der Waals surface area (Å²) in [6.07, 6.45) is 3.19. The molecule has 0 spiro atoms. The Labute approximate surface area is 187 Å². The van der Waals surface area contributed by atoms with Gasteiger partial charge in [0, 0.05) is 11.3 Å². The van der Waals surface area contributed by atoms with Crippen molar-refractivity contribution in [2.45, 2.75) is 6.92 Å². The molecule has 0 heterocycles. The van der Waals surface area contributed by atoms with E-state index in [0.29, 0.717) is 28.5 Å². The number of ketones is 1. The number of methoxy groups -OCH3 is 2. The summed E-state index contributed by atoms with van der Waals surface area (Å²) in [7, 11) is 3.10. The summed E-state index contributed by atoms with van der Waals surface area (Å²) < 4.78 is 16.1. The number of nitrogens with one attached hydrogen (secondary N) is 1. The highest BCUT2D eigenvalue weighted by atomic mass is 16.5. The van der Waals surface area contributed by atoms with E-state index in [4.69, 9.17) is 14.2 Å². The van der Waals surface area contributed by atoms with Crippen molar-refractivity contribution in [1.29, 1.82) is 0 Å². The van der Waals surface area contributed by atoms with Crippen LogP contribution in [0.5, 0.6) is 17.2 Å². The zero-order chi connectivity index (χ0) is 22.9. The van der Waals surface area contributed by atoms with Gasteiger partial charge < -0.3 is 19.5 Å². The lowest BCUT2D eigenvalue weighted by Crippen LogP contribution is -2.20. The van der Waals surface area contributed by atoms with Crippen molar-refractivity contribution in [3.8, 4) is 17.2 Å². The Morgan fingerprint density at radius 3 is 2.25 bits per heavy atom. The van der Waals surface area contributed by atoms with Gasteiger partial charge in [-0.1, -0.05) is 29.8 Å². The third kappa shape index (κ3) is 6.22. The second-order valence-electron chi connectivity index (χ2n) is 7.04. The van der Waals surface area contributed by atoms with Gasteiger partial charge in [-0.3, -0.25) is 9.59 Å². The highest BCUT2D eigenvalue weighted by Crippen LogP contribution is 2.28. The van der Waals surface area contributed by atoms with Gasteiger partial charge in [-0.25, -0.2) is 0 Å². The minimum Gasteiger partial charge on any atom is -0.497 e. The molecule has 6 heteroatoms. The van der Waals surface area contributed by atoms with Crippen molar-refractivity contribution in [3.05, 3.63) is 89.5 Å². The Kier molecular flexibility index (Phi) is 7.65. The van der Waals surface area contributed by atoms with Gasteiger partial charge in [-0.05, 0) is 67.1 Å². The molecule has 0 saturated carbocycles. The van der Waals surface area contributed by atoms with E-state index in [1.165, 1.54) is 13.2 Å². The van der Waals surface area contributed by atoms with E-state index in [9.17, 15) is 9.59 Å². The number of allylic oxidation sites excluding steroid dienone is 1. The van der Waals surface area contributed by atoms with Crippen LogP contribution in [0.4, 0.5) is 5.69 Å². The van der Waals surface area contributed by atoms with Crippen LogP contribution in [-0.4, -0.2) is 32.5 Å². The second-order valence-corrected chi connectivity index (χ2v) is 7.04. The Balaban J connectivity index is 1.60. The number of carbonyl (C=O) groups excluding carboxylic acids is 2. The molecule has 0 unspecified atom stereocenters. The summed E-state index contributed by atoms with van der Waals surface area (Å²) in [5.41, 5.74) is 3.15. The van der Waals surface area contributed by atoms with E-state index < -0.39 is 0 Å². The molecular weight excluding hydrogens is 406 g/mol. The molecule has 0 aromatic heterocycles. The average molecular weight is 431 g/mol. The van der Waals surface area contributed by atoms with Crippen LogP contribution in [0.15, 0.2) is 72.8 Å². The van der Waals surface area contributed by atoms with Crippen LogP contribution in [0.3, 0.4) is 0 Å². The molecule has 3 aromatic carbocycles. The highest BCUT2D eigenvalue weighted by Gasteiger charge is 2.09. The number of carbonyl (C=O) groups is 2. The van der Waals surface area contributed by atoms with Crippen LogP contribution in [0.1, 0.15) is 21.5 Å². The van der Waals surface area contributed by atoms with Crippen molar-refractivity contribution in [2.75, 3.05) is 26.1 Å². The first kappa shape index (κ1) is 22.6. The fourth-order valence-corrected chi connectivity index (χ4v) is 2.91. The summed E-state index contributed by atoms with van der Waals surface area (Å²) >= 11 is 0. The summed E-state index contributed by atoms with van der Waals surface area (Å²) in [6.45, 7) is 1.82. The standard InChI is InChI=1S/C26H25NO5/c1-18-4-10-21(11-5-18)27-26(29)17-32-24-15-7-19(16-25(24)31-3)6-14-23(28)20-8-12-22(30-2)13-9-20/h4-16H,17H2,1-3H3,(H,27,29)/b14-6+. The van der Waals surface area contributed by atoms with Crippen molar-refractivity contribution in [3.63, 3.8) is 0 Å². The molecule has 6 nitrogen and oxygen atoms in total. The predicted octanol–water partition coefficient (Wildman–Crippen LogP) is 4.93. The van der Waals surface area contributed by atoms with E-state index in [1.807, 2.05) is 31.2 Å². The summed E-state index contributed by atoms with van der Waals surface area (Å²) in [6, 6.07) is 19.7. The van der Waals surface area contributed by atoms with Crippen LogP contribution in [0, 0.1) is 6.92 Å². The summed E-state index contributed by atoms with van der Waals surface area (Å²) in [5, 5.41) is 2.78. The minimum atomic E-state index is -0.273. The normalized spacial score (nSPS) is 10.6. The molecule has 0 aliphatic carbocycles. The number of amides is 1. The predicted molar refractivity (Wildman–Crippen MR) is 125 cm³/mol. The van der Waals surface area contributed by atoms with Gasteiger partial charge in [-0.2, -0.15) is 0 Å². The maximum Gasteiger partial charge on any atom is 0.262 e. The van der Waals surface area contributed by atoms with Gasteiger partial charge in [0.15, 0.2) is 23.9 Å². The molecule has 1 amide bonds. The smallest absolute Gasteiger partial charge is 0.262 e. The molecule has 0 aliphatic heterocycles. The quantitative estimate of drug-likeness (QED) is 0.384. The fourth-order valence-electron chi connectivity index (χ4n) is 2.91. The monoisotopic (exact) mass is 431 g/mol. The molecule has 0 aliphatic rings. The first-order chi connectivity index (χ1) is 15.5. The molecule has 0 fully saturated rings. The van der Waals surface area contributed by atoms with E-state index in [-0.39, 0.29) is 18.3 Å². The Morgan fingerprint density at radius 2 is 1.59 bits per heavy atom. The van der Waals surface area contributed by atoms with E-state index >= 15 is 0 Å². The number of hydrogen-bond donors (Lipinski definition) is 1. The van der Waals surface area contributed by atoms with Crippen LogP contribution in [-0.2, 0) is 4.79 Å². The first-order valence-electron chi connectivity index (χ1n) is 10.0. The third-order valence-corrected chi connectivity index (χ3v) is 4.68. The van der Waals surface area contributed by atoms with Crippen LogP contribution < -0.4 is 19.5 Å². The van der Waals surface area contributed by atoms with Crippen LogP contribution in [0.2, 0.25) is 0 Å². The molecule has 3 aromatic rings. The maximum absolute atomic E-state index is 12.4. The van der Waals surface area contributed by atoms with Gasteiger partial charge in [0.1, 0.15) is 5.75 Å². The van der Waals surface area contributed by atoms with Crippen molar-refractivity contribution < 1.29 is 23.8 Å².